The maximum atomic E-state index is 5.46. The highest BCUT2D eigenvalue weighted by Gasteiger charge is 2.51. The van der Waals surface area contributed by atoms with Gasteiger partial charge in [0.05, 0.1) is 58.7 Å². The van der Waals surface area contributed by atoms with Gasteiger partial charge in [-0.1, -0.05) is 30.3 Å². The van der Waals surface area contributed by atoms with Gasteiger partial charge in [-0.3, -0.25) is 14.7 Å². The Morgan fingerprint density at radius 2 is 1.41 bits per heavy atom. The summed E-state index contributed by atoms with van der Waals surface area (Å²) in [5.41, 5.74) is 2.95. The normalized spacial score (nSPS) is 28.8. The van der Waals surface area contributed by atoms with E-state index in [1.807, 2.05) is 18.2 Å². The van der Waals surface area contributed by atoms with Crippen LogP contribution >= 0.6 is 0 Å². The zero-order valence-corrected chi connectivity index (χ0v) is 18.8. The van der Waals surface area contributed by atoms with Crippen LogP contribution in [-0.4, -0.2) is 87.6 Å². The Bertz CT molecular complexity index is 977. The second kappa shape index (κ2) is 8.54. The van der Waals surface area contributed by atoms with Gasteiger partial charge in [0.25, 0.3) is 0 Å². The molecule has 0 aliphatic carbocycles. The van der Waals surface area contributed by atoms with Gasteiger partial charge in [0, 0.05) is 25.2 Å². The molecule has 8 nitrogen and oxygen atoms in total. The minimum atomic E-state index is -0.0528. The minimum absolute atomic E-state index is 0.0528. The van der Waals surface area contributed by atoms with Gasteiger partial charge in [-0.25, -0.2) is 0 Å². The van der Waals surface area contributed by atoms with E-state index in [9.17, 15) is 0 Å². The number of methoxy groups -OCH3 is 3. The topological polar surface area (TPSA) is 62.1 Å². The molecule has 4 saturated heterocycles. The fraction of sp³-hybridized carbons (Fsp3) is 0.417. The summed E-state index contributed by atoms with van der Waals surface area (Å²) in [6.07, 6.45) is 1.74. The molecule has 2 aromatic rings. The Hall–Kier alpha value is -2.94. The quantitative estimate of drug-likeness (QED) is 0.492. The fourth-order valence-electron chi connectivity index (χ4n) is 5.34. The lowest BCUT2D eigenvalue weighted by atomic mass is 9.74. The Morgan fingerprint density at radius 1 is 0.844 bits per heavy atom. The summed E-state index contributed by atoms with van der Waals surface area (Å²) >= 11 is 0. The molecule has 0 saturated carbocycles. The van der Waals surface area contributed by atoms with E-state index in [0.29, 0.717) is 17.2 Å². The fourth-order valence-corrected chi connectivity index (χ4v) is 5.34. The third kappa shape index (κ3) is 3.74. The lowest BCUT2D eigenvalue weighted by Gasteiger charge is -2.60. The third-order valence-electron chi connectivity index (χ3n) is 6.38. The van der Waals surface area contributed by atoms with Crippen molar-refractivity contribution in [2.75, 3.05) is 61.0 Å². The lowest BCUT2D eigenvalue weighted by Crippen LogP contribution is -2.74. The highest BCUT2D eigenvalue weighted by atomic mass is 16.5. The Labute approximate surface area is 188 Å². The molecule has 0 unspecified atom stereocenters. The van der Waals surface area contributed by atoms with E-state index >= 15 is 0 Å². The minimum Gasteiger partial charge on any atom is -0.493 e. The van der Waals surface area contributed by atoms with Gasteiger partial charge >= 0.3 is 0 Å². The standard InChI is InChI=1S/C24H29N5O3/c1-30-20-9-18(10-21(31-2)22(20)32-3)11-25-26-23(19-7-5-4-6-8-19)24-12-27-15-28(13-24)17-29(14-24)16-27/h4-11H,12-17H2,1-3H3/b25-11-,26-23+. The van der Waals surface area contributed by atoms with E-state index in [1.165, 1.54) is 0 Å². The predicted molar refractivity (Wildman–Crippen MR) is 124 cm³/mol. The zero-order valence-electron chi connectivity index (χ0n) is 18.8. The average molecular weight is 436 g/mol. The number of ether oxygens (including phenoxy) is 3. The molecule has 6 rings (SSSR count). The molecule has 2 aromatic carbocycles. The Morgan fingerprint density at radius 3 is 1.91 bits per heavy atom. The highest BCUT2D eigenvalue weighted by Crippen LogP contribution is 2.39. The van der Waals surface area contributed by atoms with Crippen LogP contribution in [0.4, 0.5) is 0 Å². The Balaban J connectivity index is 1.51. The molecule has 0 atom stereocenters. The summed E-state index contributed by atoms with van der Waals surface area (Å²) in [6.45, 7) is 6.13. The van der Waals surface area contributed by atoms with Crippen LogP contribution in [0.15, 0.2) is 52.7 Å². The molecule has 0 radical (unpaired) electrons. The van der Waals surface area contributed by atoms with Crippen LogP contribution in [0.3, 0.4) is 0 Å². The van der Waals surface area contributed by atoms with Crippen molar-refractivity contribution >= 4 is 11.9 Å². The monoisotopic (exact) mass is 435 g/mol. The van der Waals surface area contributed by atoms with E-state index in [-0.39, 0.29) is 5.41 Å². The first-order valence-corrected chi connectivity index (χ1v) is 10.8. The van der Waals surface area contributed by atoms with Crippen molar-refractivity contribution in [1.82, 2.24) is 14.7 Å². The second-order valence-electron chi connectivity index (χ2n) is 8.71. The summed E-state index contributed by atoms with van der Waals surface area (Å²) in [5.74, 6) is 1.75. The Kier molecular flexibility index (Phi) is 5.58. The van der Waals surface area contributed by atoms with Crippen LogP contribution in [0.2, 0.25) is 0 Å². The number of hydrogen-bond donors (Lipinski definition) is 0. The summed E-state index contributed by atoms with van der Waals surface area (Å²) in [4.78, 5) is 7.49. The molecule has 0 spiro atoms. The van der Waals surface area contributed by atoms with Crippen molar-refractivity contribution in [3.8, 4) is 17.2 Å². The SMILES string of the molecule is COc1cc(/C=N\N=C(/c2ccccc2)C23CN4CN(CN(C4)C2)C3)cc(OC)c1OC. The maximum absolute atomic E-state index is 5.46. The third-order valence-corrected chi connectivity index (χ3v) is 6.38. The molecular weight excluding hydrogens is 406 g/mol. The van der Waals surface area contributed by atoms with E-state index in [2.05, 4.69) is 44.1 Å². The first-order valence-electron chi connectivity index (χ1n) is 10.8. The smallest absolute Gasteiger partial charge is 0.203 e. The molecule has 4 aliphatic rings. The number of hydrogen-bond acceptors (Lipinski definition) is 8. The summed E-state index contributed by atoms with van der Waals surface area (Å²) in [5, 5.41) is 9.36. The van der Waals surface area contributed by atoms with Gasteiger partial charge in [-0.15, -0.1) is 0 Å². The van der Waals surface area contributed by atoms with Crippen molar-refractivity contribution < 1.29 is 14.2 Å². The zero-order chi connectivity index (χ0) is 22.1. The molecule has 0 N–H and O–H groups in total. The summed E-state index contributed by atoms with van der Waals surface area (Å²) < 4.78 is 16.3. The van der Waals surface area contributed by atoms with Crippen molar-refractivity contribution in [2.24, 2.45) is 15.6 Å². The van der Waals surface area contributed by atoms with Crippen LogP contribution in [0, 0.1) is 5.41 Å². The van der Waals surface area contributed by atoms with Crippen LogP contribution in [0.5, 0.6) is 17.2 Å². The molecule has 0 amide bonds. The average Bonchev–Trinajstić information content (AvgIpc) is 2.80. The number of rotatable bonds is 7. The molecule has 4 aliphatic heterocycles. The van der Waals surface area contributed by atoms with Gasteiger partial charge in [0.1, 0.15) is 0 Å². The van der Waals surface area contributed by atoms with Crippen molar-refractivity contribution in [3.63, 3.8) is 0 Å². The van der Waals surface area contributed by atoms with E-state index < -0.39 is 0 Å². The molecule has 32 heavy (non-hydrogen) atoms. The van der Waals surface area contributed by atoms with Crippen molar-refractivity contribution in [1.29, 1.82) is 0 Å². The predicted octanol–water partition coefficient (Wildman–Crippen LogP) is 2.34. The van der Waals surface area contributed by atoms with Gasteiger partial charge < -0.3 is 14.2 Å². The van der Waals surface area contributed by atoms with Gasteiger partial charge in [-0.05, 0) is 17.7 Å². The first kappa shape index (κ1) is 20.9. The largest absolute Gasteiger partial charge is 0.493 e. The van der Waals surface area contributed by atoms with Gasteiger partial charge in [0.2, 0.25) is 5.75 Å². The van der Waals surface area contributed by atoms with Crippen LogP contribution in [0.25, 0.3) is 0 Å². The summed E-state index contributed by atoms with van der Waals surface area (Å²) in [6, 6.07) is 14.2. The van der Waals surface area contributed by atoms with E-state index in [4.69, 9.17) is 19.3 Å². The molecular formula is C24H29N5O3. The van der Waals surface area contributed by atoms with Crippen LogP contribution in [0.1, 0.15) is 11.1 Å². The van der Waals surface area contributed by atoms with Gasteiger partial charge in [-0.2, -0.15) is 10.2 Å². The molecule has 168 valence electrons. The molecule has 0 aromatic heterocycles. The second-order valence-corrected chi connectivity index (χ2v) is 8.71. The highest BCUT2D eigenvalue weighted by molar-refractivity contribution is 6.05. The molecule has 4 heterocycles. The van der Waals surface area contributed by atoms with Crippen molar-refractivity contribution in [3.05, 3.63) is 53.6 Å². The molecule has 8 heteroatoms. The number of benzene rings is 2. The number of nitrogens with zero attached hydrogens (tertiary/aromatic N) is 5. The molecule has 4 fully saturated rings. The maximum Gasteiger partial charge on any atom is 0.203 e. The van der Waals surface area contributed by atoms with E-state index in [0.717, 1.165) is 56.5 Å². The van der Waals surface area contributed by atoms with Crippen LogP contribution in [-0.2, 0) is 0 Å². The molecule has 4 bridgehead atoms. The summed E-state index contributed by atoms with van der Waals surface area (Å²) in [7, 11) is 4.81. The van der Waals surface area contributed by atoms with E-state index in [1.54, 1.807) is 27.5 Å². The first-order chi connectivity index (χ1) is 15.6. The van der Waals surface area contributed by atoms with Crippen molar-refractivity contribution in [2.45, 2.75) is 0 Å². The van der Waals surface area contributed by atoms with Crippen LogP contribution < -0.4 is 14.2 Å². The lowest BCUT2D eigenvalue weighted by molar-refractivity contribution is -0.149. The van der Waals surface area contributed by atoms with Gasteiger partial charge in [0.15, 0.2) is 11.5 Å².